The molecule has 0 aliphatic heterocycles. The van der Waals surface area contributed by atoms with Gasteiger partial charge in [0.2, 0.25) is 0 Å². The first kappa shape index (κ1) is 12.4. The van der Waals surface area contributed by atoms with E-state index in [1.54, 1.807) is 7.11 Å². The average Bonchev–Trinajstić information content (AvgIpc) is 2.46. The Morgan fingerprint density at radius 1 is 1.11 bits per heavy atom. The second kappa shape index (κ2) is 6.07. The maximum atomic E-state index is 10.9. The molecule has 2 nitrogen and oxygen atoms in total. The van der Waals surface area contributed by atoms with E-state index in [-0.39, 0.29) is 0 Å². The first-order valence-electron chi connectivity index (χ1n) is 6.17. The molecule has 0 spiro atoms. The molecule has 0 saturated heterocycles. The molecule has 2 rings (SSSR count). The molecule has 1 aromatic rings. The minimum absolute atomic E-state index is 0.825. The summed E-state index contributed by atoms with van der Waals surface area (Å²) in [4.78, 5) is 10.9. The number of ether oxygens (including phenoxy) is 1. The number of aldehydes is 1. The number of benzene rings is 1. The average molecular weight is 240 g/mol. The van der Waals surface area contributed by atoms with Gasteiger partial charge in [0.25, 0.3) is 0 Å². The minimum atomic E-state index is 0.825. The van der Waals surface area contributed by atoms with Gasteiger partial charge in [-0.2, -0.15) is 0 Å². The van der Waals surface area contributed by atoms with Crippen LogP contribution in [0.15, 0.2) is 35.4 Å². The number of hydrogen-bond acceptors (Lipinski definition) is 2. The lowest BCUT2D eigenvalue weighted by Gasteiger charge is -2.11. The maximum absolute atomic E-state index is 10.9. The summed E-state index contributed by atoms with van der Waals surface area (Å²) in [6.07, 6.45) is 4.98. The van der Waals surface area contributed by atoms with Crippen LogP contribution >= 0.6 is 0 Å². The molecule has 0 radical (unpaired) electrons. The number of methoxy groups -OCH3 is 1. The quantitative estimate of drug-likeness (QED) is 0.586. The Balaban J connectivity index is 2.19. The van der Waals surface area contributed by atoms with E-state index >= 15 is 0 Å². The Morgan fingerprint density at radius 3 is 2.50 bits per heavy atom. The van der Waals surface area contributed by atoms with E-state index in [2.05, 4.69) is 11.8 Å². The van der Waals surface area contributed by atoms with Crippen LogP contribution in [0.3, 0.4) is 0 Å². The monoisotopic (exact) mass is 240 g/mol. The lowest BCUT2D eigenvalue weighted by atomic mass is 9.93. The van der Waals surface area contributed by atoms with Crippen molar-refractivity contribution in [2.24, 2.45) is 0 Å². The molecular formula is C16H16O2. The van der Waals surface area contributed by atoms with Gasteiger partial charge in [-0.25, -0.2) is 0 Å². The summed E-state index contributed by atoms with van der Waals surface area (Å²) in [6.45, 7) is 0. The molecule has 0 atom stereocenters. The number of carbonyl (C=O) groups is 1. The van der Waals surface area contributed by atoms with Crippen molar-refractivity contribution >= 4 is 6.29 Å². The van der Waals surface area contributed by atoms with Crippen molar-refractivity contribution in [3.8, 4) is 17.6 Å². The second-order valence-corrected chi connectivity index (χ2v) is 4.31. The molecule has 2 heteroatoms. The third-order valence-electron chi connectivity index (χ3n) is 3.10. The molecule has 0 saturated carbocycles. The SMILES string of the molecule is COc1ccc(C#CC2=C(C=O)CCCC2)cc1. The molecule has 1 aromatic carbocycles. The Morgan fingerprint density at radius 2 is 1.83 bits per heavy atom. The van der Waals surface area contributed by atoms with Crippen molar-refractivity contribution < 1.29 is 9.53 Å². The zero-order chi connectivity index (χ0) is 12.8. The standard InChI is InChI=1S/C16H16O2/c1-18-16-10-7-13(8-11-16)6-9-14-4-2-3-5-15(14)12-17/h7-8,10-12H,2-5H2,1H3. The lowest BCUT2D eigenvalue weighted by molar-refractivity contribution is -0.105. The molecule has 0 unspecified atom stereocenters. The topological polar surface area (TPSA) is 26.3 Å². The molecule has 1 aliphatic carbocycles. The van der Waals surface area contributed by atoms with Crippen LogP contribution in [0, 0.1) is 11.8 Å². The molecule has 0 amide bonds. The van der Waals surface area contributed by atoms with Crippen molar-refractivity contribution in [2.75, 3.05) is 7.11 Å². The highest BCUT2D eigenvalue weighted by atomic mass is 16.5. The summed E-state index contributed by atoms with van der Waals surface area (Å²) in [5.41, 5.74) is 2.83. The number of carbonyl (C=O) groups excluding carboxylic acids is 1. The van der Waals surface area contributed by atoms with Crippen LogP contribution in [-0.4, -0.2) is 13.4 Å². The minimum Gasteiger partial charge on any atom is -0.497 e. The summed E-state index contributed by atoms with van der Waals surface area (Å²) < 4.78 is 5.09. The molecule has 0 fully saturated rings. The number of hydrogen-bond donors (Lipinski definition) is 0. The molecule has 0 bridgehead atoms. The predicted octanol–water partition coefficient (Wildman–Crippen LogP) is 3.12. The second-order valence-electron chi connectivity index (χ2n) is 4.31. The van der Waals surface area contributed by atoms with Gasteiger partial charge in [0, 0.05) is 16.7 Å². The molecule has 18 heavy (non-hydrogen) atoms. The van der Waals surface area contributed by atoms with Crippen LogP contribution < -0.4 is 4.74 Å². The number of rotatable bonds is 2. The van der Waals surface area contributed by atoms with Crippen molar-refractivity contribution in [3.05, 3.63) is 41.0 Å². The fourth-order valence-corrected chi connectivity index (χ4v) is 2.02. The van der Waals surface area contributed by atoms with Crippen LogP contribution in [0.4, 0.5) is 0 Å². The predicted molar refractivity (Wildman–Crippen MR) is 71.4 cm³/mol. The van der Waals surface area contributed by atoms with E-state index in [4.69, 9.17) is 4.74 Å². The van der Waals surface area contributed by atoms with E-state index in [1.165, 1.54) is 0 Å². The summed E-state index contributed by atoms with van der Waals surface area (Å²) in [7, 11) is 1.64. The third kappa shape index (κ3) is 3.01. The highest BCUT2D eigenvalue weighted by molar-refractivity contribution is 5.76. The Labute approximate surface area is 108 Å². The van der Waals surface area contributed by atoms with E-state index in [1.807, 2.05) is 24.3 Å². The highest BCUT2D eigenvalue weighted by Gasteiger charge is 2.09. The highest BCUT2D eigenvalue weighted by Crippen LogP contribution is 2.22. The van der Waals surface area contributed by atoms with Crippen LogP contribution in [0.1, 0.15) is 31.2 Å². The summed E-state index contributed by atoms with van der Waals surface area (Å²) in [5, 5.41) is 0. The van der Waals surface area contributed by atoms with Gasteiger partial charge in [0.05, 0.1) is 7.11 Å². The molecule has 1 aliphatic rings. The van der Waals surface area contributed by atoms with Gasteiger partial charge in [-0.05, 0) is 49.9 Å². The van der Waals surface area contributed by atoms with Crippen LogP contribution in [-0.2, 0) is 4.79 Å². The van der Waals surface area contributed by atoms with Crippen LogP contribution in [0.2, 0.25) is 0 Å². The van der Waals surface area contributed by atoms with Gasteiger partial charge in [0.1, 0.15) is 12.0 Å². The molecule has 92 valence electrons. The maximum Gasteiger partial charge on any atom is 0.146 e. The largest absolute Gasteiger partial charge is 0.497 e. The molecular weight excluding hydrogens is 224 g/mol. The smallest absolute Gasteiger partial charge is 0.146 e. The van der Waals surface area contributed by atoms with Gasteiger partial charge in [-0.15, -0.1) is 0 Å². The fraction of sp³-hybridized carbons (Fsp3) is 0.312. The van der Waals surface area contributed by atoms with Crippen molar-refractivity contribution in [1.82, 2.24) is 0 Å². The van der Waals surface area contributed by atoms with Gasteiger partial charge in [-0.3, -0.25) is 4.79 Å². The van der Waals surface area contributed by atoms with E-state index in [0.29, 0.717) is 0 Å². The Kier molecular flexibility index (Phi) is 4.20. The Bertz CT molecular complexity index is 512. The Hall–Kier alpha value is -2.01. The summed E-state index contributed by atoms with van der Waals surface area (Å²) >= 11 is 0. The zero-order valence-corrected chi connectivity index (χ0v) is 10.5. The zero-order valence-electron chi connectivity index (χ0n) is 10.5. The van der Waals surface area contributed by atoms with E-state index in [0.717, 1.165) is 54.4 Å². The van der Waals surface area contributed by atoms with Gasteiger partial charge >= 0.3 is 0 Å². The summed E-state index contributed by atoms with van der Waals surface area (Å²) in [5.74, 6) is 7.07. The van der Waals surface area contributed by atoms with Gasteiger partial charge in [-0.1, -0.05) is 11.8 Å². The van der Waals surface area contributed by atoms with Crippen molar-refractivity contribution in [3.63, 3.8) is 0 Å². The molecule has 0 aromatic heterocycles. The van der Waals surface area contributed by atoms with Gasteiger partial charge < -0.3 is 4.74 Å². The third-order valence-corrected chi connectivity index (χ3v) is 3.10. The first-order valence-corrected chi connectivity index (χ1v) is 6.17. The fourth-order valence-electron chi connectivity index (χ4n) is 2.02. The molecule has 0 heterocycles. The van der Waals surface area contributed by atoms with Crippen LogP contribution in [0.25, 0.3) is 0 Å². The molecule has 0 N–H and O–H groups in total. The first-order chi connectivity index (χ1) is 8.83. The van der Waals surface area contributed by atoms with E-state index < -0.39 is 0 Å². The normalized spacial score (nSPS) is 14.7. The number of allylic oxidation sites excluding steroid dienone is 2. The van der Waals surface area contributed by atoms with Crippen molar-refractivity contribution in [2.45, 2.75) is 25.7 Å². The lowest BCUT2D eigenvalue weighted by Crippen LogP contribution is -1.99. The van der Waals surface area contributed by atoms with Gasteiger partial charge in [0.15, 0.2) is 0 Å². The van der Waals surface area contributed by atoms with Crippen LogP contribution in [0.5, 0.6) is 5.75 Å². The summed E-state index contributed by atoms with van der Waals surface area (Å²) in [6, 6.07) is 7.63. The van der Waals surface area contributed by atoms with Crippen molar-refractivity contribution in [1.29, 1.82) is 0 Å². The van der Waals surface area contributed by atoms with E-state index in [9.17, 15) is 4.79 Å².